The van der Waals surface area contributed by atoms with E-state index in [2.05, 4.69) is 10.1 Å². The van der Waals surface area contributed by atoms with Gasteiger partial charge < -0.3 is 9.94 Å². The van der Waals surface area contributed by atoms with Gasteiger partial charge in [0.25, 0.3) is 0 Å². The van der Waals surface area contributed by atoms with Crippen molar-refractivity contribution < 1.29 is 9.94 Å². The Morgan fingerprint density at radius 1 is 1.10 bits per heavy atom. The molecular weight excluding hydrogens is 252 g/mol. The zero-order valence-corrected chi connectivity index (χ0v) is 11.5. The van der Waals surface area contributed by atoms with Crippen LogP contribution in [-0.2, 0) is 12.8 Å². The van der Waals surface area contributed by atoms with Crippen LogP contribution in [0.25, 0.3) is 0 Å². The first kappa shape index (κ1) is 14.1. The summed E-state index contributed by atoms with van der Waals surface area (Å²) in [5, 5.41) is 11.8. The van der Waals surface area contributed by atoms with Crippen molar-refractivity contribution in [3.05, 3.63) is 59.9 Å². The fraction of sp³-hybridized carbons (Fsp3) is 0.250. The molecule has 0 amide bonds. The van der Waals surface area contributed by atoms with Gasteiger partial charge in [-0.1, -0.05) is 17.3 Å². The highest BCUT2D eigenvalue weighted by molar-refractivity contribution is 5.83. The first-order chi connectivity index (χ1) is 9.78. The summed E-state index contributed by atoms with van der Waals surface area (Å²) < 4.78 is 5.70. The van der Waals surface area contributed by atoms with Crippen molar-refractivity contribution in [2.24, 2.45) is 5.16 Å². The molecule has 1 heterocycles. The van der Waals surface area contributed by atoms with Gasteiger partial charge in [-0.25, -0.2) is 0 Å². The second kappa shape index (κ2) is 7.28. The molecule has 1 aromatic heterocycles. The Morgan fingerprint density at radius 3 is 2.45 bits per heavy atom. The SMILES string of the molecule is C/C(Cc1ccc(OCCc2ccncc2)cc1)=N/O. The Kier molecular flexibility index (Phi) is 5.12. The summed E-state index contributed by atoms with van der Waals surface area (Å²) in [5.41, 5.74) is 3.00. The maximum atomic E-state index is 8.63. The maximum Gasteiger partial charge on any atom is 0.119 e. The van der Waals surface area contributed by atoms with Gasteiger partial charge in [0.15, 0.2) is 0 Å². The topological polar surface area (TPSA) is 54.7 Å². The van der Waals surface area contributed by atoms with Gasteiger partial charge in [-0.3, -0.25) is 4.98 Å². The van der Waals surface area contributed by atoms with E-state index in [-0.39, 0.29) is 0 Å². The second-order valence-electron chi connectivity index (χ2n) is 4.61. The molecule has 0 unspecified atom stereocenters. The lowest BCUT2D eigenvalue weighted by atomic mass is 10.1. The molecule has 0 spiro atoms. The third-order valence-electron chi connectivity index (χ3n) is 2.96. The highest BCUT2D eigenvalue weighted by Crippen LogP contribution is 2.13. The van der Waals surface area contributed by atoms with Gasteiger partial charge in [0.2, 0.25) is 0 Å². The van der Waals surface area contributed by atoms with Crippen LogP contribution in [0.2, 0.25) is 0 Å². The smallest absolute Gasteiger partial charge is 0.119 e. The fourth-order valence-corrected chi connectivity index (χ4v) is 1.87. The third-order valence-corrected chi connectivity index (χ3v) is 2.96. The minimum atomic E-state index is 0.639. The molecule has 1 aromatic carbocycles. The van der Waals surface area contributed by atoms with Crippen LogP contribution in [0, 0.1) is 0 Å². The van der Waals surface area contributed by atoms with E-state index in [1.807, 2.05) is 36.4 Å². The Morgan fingerprint density at radius 2 is 1.80 bits per heavy atom. The molecule has 4 heteroatoms. The monoisotopic (exact) mass is 270 g/mol. The molecule has 104 valence electrons. The summed E-state index contributed by atoms with van der Waals surface area (Å²) in [4.78, 5) is 3.98. The molecule has 20 heavy (non-hydrogen) atoms. The van der Waals surface area contributed by atoms with Gasteiger partial charge in [-0.2, -0.15) is 0 Å². The van der Waals surface area contributed by atoms with Crippen molar-refractivity contribution in [2.45, 2.75) is 19.8 Å². The van der Waals surface area contributed by atoms with Crippen LogP contribution in [0.5, 0.6) is 5.75 Å². The van der Waals surface area contributed by atoms with Crippen LogP contribution in [-0.4, -0.2) is 22.5 Å². The molecule has 4 nitrogen and oxygen atoms in total. The predicted molar refractivity (Wildman–Crippen MR) is 78.5 cm³/mol. The average Bonchev–Trinajstić information content (AvgIpc) is 2.50. The Hall–Kier alpha value is -2.36. The molecule has 0 bridgehead atoms. The first-order valence-electron chi connectivity index (χ1n) is 6.56. The molecule has 0 aliphatic carbocycles. The normalized spacial score (nSPS) is 11.3. The molecule has 0 aliphatic rings. The van der Waals surface area contributed by atoms with Gasteiger partial charge >= 0.3 is 0 Å². The molecule has 0 saturated carbocycles. The molecule has 0 atom stereocenters. The zero-order chi connectivity index (χ0) is 14.2. The van der Waals surface area contributed by atoms with Gasteiger partial charge in [0, 0.05) is 25.2 Å². The number of aromatic nitrogens is 1. The van der Waals surface area contributed by atoms with E-state index in [1.54, 1.807) is 19.3 Å². The number of pyridine rings is 1. The number of hydrogen-bond acceptors (Lipinski definition) is 4. The van der Waals surface area contributed by atoms with Crippen molar-refractivity contribution >= 4 is 5.71 Å². The van der Waals surface area contributed by atoms with Crippen molar-refractivity contribution in [1.29, 1.82) is 0 Å². The highest BCUT2D eigenvalue weighted by Gasteiger charge is 1.99. The molecular formula is C16H18N2O2. The number of oxime groups is 1. The van der Waals surface area contributed by atoms with Crippen molar-refractivity contribution in [3.63, 3.8) is 0 Å². The van der Waals surface area contributed by atoms with Crippen LogP contribution < -0.4 is 4.74 Å². The van der Waals surface area contributed by atoms with Crippen LogP contribution in [0.15, 0.2) is 53.9 Å². The molecule has 2 aromatic rings. The van der Waals surface area contributed by atoms with E-state index in [0.717, 1.165) is 17.7 Å². The standard InChI is InChI=1S/C16H18N2O2/c1-13(18-19)12-15-2-4-16(5-3-15)20-11-8-14-6-9-17-10-7-14/h2-7,9-10,19H,8,11-12H2,1H3/b18-13-. The molecule has 1 N–H and O–H groups in total. The molecule has 0 radical (unpaired) electrons. The van der Waals surface area contributed by atoms with Crippen molar-refractivity contribution in [2.75, 3.05) is 6.61 Å². The van der Waals surface area contributed by atoms with Gasteiger partial charge in [0.05, 0.1) is 12.3 Å². The average molecular weight is 270 g/mol. The lowest BCUT2D eigenvalue weighted by Crippen LogP contribution is -2.02. The second-order valence-corrected chi connectivity index (χ2v) is 4.61. The minimum absolute atomic E-state index is 0.639. The number of benzene rings is 1. The van der Waals surface area contributed by atoms with Crippen molar-refractivity contribution in [3.8, 4) is 5.75 Å². The van der Waals surface area contributed by atoms with E-state index >= 15 is 0 Å². The van der Waals surface area contributed by atoms with E-state index in [9.17, 15) is 0 Å². The zero-order valence-electron chi connectivity index (χ0n) is 11.5. The number of hydrogen-bond donors (Lipinski definition) is 1. The van der Waals surface area contributed by atoms with E-state index < -0.39 is 0 Å². The van der Waals surface area contributed by atoms with Crippen LogP contribution >= 0.6 is 0 Å². The summed E-state index contributed by atoms with van der Waals surface area (Å²) >= 11 is 0. The first-order valence-corrected chi connectivity index (χ1v) is 6.56. The minimum Gasteiger partial charge on any atom is -0.493 e. The number of ether oxygens (including phenoxy) is 1. The van der Waals surface area contributed by atoms with Gasteiger partial charge in [0.1, 0.15) is 5.75 Å². The van der Waals surface area contributed by atoms with Crippen LogP contribution in [0.1, 0.15) is 18.1 Å². The fourth-order valence-electron chi connectivity index (χ4n) is 1.87. The number of rotatable bonds is 6. The lowest BCUT2D eigenvalue weighted by molar-refractivity contribution is 0.317. The Balaban J connectivity index is 1.82. The lowest BCUT2D eigenvalue weighted by Gasteiger charge is -2.07. The summed E-state index contributed by atoms with van der Waals surface area (Å²) in [6.07, 6.45) is 5.08. The number of nitrogens with zero attached hydrogens (tertiary/aromatic N) is 2. The van der Waals surface area contributed by atoms with E-state index in [4.69, 9.17) is 9.94 Å². The van der Waals surface area contributed by atoms with E-state index in [1.165, 1.54) is 5.56 Å². The van der Waals surface area contributed by atoms with Crippen LogP contribution in [0.3, 0.4) is 0 Å². The Labute approximate surface area is 118 Å². The van der Waals surface area contributed by atoms with Gasteiger partial charge in [-0.15, -0.1) is 0 Å². The summed E-state index contributed by atoms with van der Waals surface area (Å²) in [6, 6.07) is 11.8. The van der Waals surface area contributed by atoms with Crippen molar-refractivity contribution in [1.82, 2.24) is 4.98 Å². The molecule has 2 rings (SSSR count). The largest absolute Gasteiger partial charge is 0.493 e. The van der Waals surface area contributed by atoms with Crippen LogP contribution in [0.4, 0.5) is 0 Å². The molecule has 0 aliphatic heterocycles. The molecule has 0 fully saturated rings. The third kappa shape index (κ3) is 4.39. The Bertz CT molecular complexity index is 550. The van der Waals surface area contributed by atoms with Gasteiger partial charge in [-0.05, 0) is 42.3 Å². The summed E-state index contributed by atoms with van der Waals surface area (Å²) in [5.74, 6) is 0.849. The quantitative estimate of drug-likeness (QED) is 0.498. The summed E-state index contributed by atoms with van der Waals surface area (Å²) in [6.45, 7) is 2.43. The predicted octanol–water partition coefficient (Wildman–Crippen LogP) is 3.10. The van der Waals surface area contributed by atoms with E-state index in [0.29, 0.717) is 18.7 Å². The molecule has 0 saturated heterocycles. The summed E-state index contributed by atoms with van der Waals surface area (Å²) in [7, 11) is 0. The highest BCUT2D eigenvalue weighted by atomic mass is 16.5. The maximum absolute atomic E-state index is 8.63.